The Morgan fingerprint density at radius 2 is 1.07 bits per heavy atom. The van der Waals surface area contributed by atoms with Gasteiger partial charge in [-0.25, -0.2) is 15.8 Å². The van der Waals surface area contributed by atoms with Crippen molar-refractivity contribution in [1.82, 2.24) is 11.0 Å². The second kappa shape index (κ2) is 10.9. The Labute approximate surface area is 163 Å². The molecule has 9 nitrogen and oxygen atoms in total. The standard InChI is InChI=1S/C19H24N2O7/c1-23-15-7-5-13(9-17(15)25-3)11-27-20-19(22)21-28-12-14-6-8-16(24-2)18(10-14)26-4/h5-10H,11-12H2,1-4H3,(H2,20,21,22). The van der Waals surface area contributed by atoms with Crippen LogP contribution in [0.1, 0.15) is 11.1 Å². The fourth-order valence-electron chi connectivity index (χ4n) is 2.33. The number of methoxy groups -OCH3 is 4. The summed E-state index contributed by atoms with van der Waals surface area (Å²) in [7, 11) is 6.21. The van der Waals surface area contributed by atoms with Crippen LogP contribution in [0.4, 0.5) is 4.79 Å². The molecule has 0 radical (unpaired) electrons. The maximum absolute atomic E-state index is 11.7. The summed E-state index contributed by atoms with van der Waals surface area (Å²) in [5, 5.41) is 0. The van der Waals surface area contributed by atoms with Crippen LogP contribution in [0.15, 0.2) is 36.4 Å². The summed E-state index contributed by atoms with van der Waals surface area (Å²) in [6, 6.07) is 9.98. The number of hydroxylamine groups is 2. The van der Waals surface area contributed by atoms with Gasteiger partial charge in [0.2, 0.25) is 0 Å². The fourth-order valence-corrected chi connectivity index (χ4v) is 2.33. The van der Waals surface area contributed by atoms with Gasteiger partial charge in [-0.2, -0.15) is 0 Å². The summed E-state index contributed by atoms with van der Waals surface area (Å²) in [6.45, 7) is 0.285. The molecule has 0 aliphatic heterocycles. The molecule has 0 unspecified atom stereocenters. The Bertz CT molecular complexity index is 719. The normalized spacial score (nSPS) is 10.1. The molecule has 2 aromatic carbocycles. The van der Waals surface area contributed by atoms with Crippen LogP contribution in [-0.2, 0) is 22.9 Å². The lowest BCUT2D eigenvalue weighted by Gasteiger charge is -2.11. The predicted molar refractivity (Wildman–Crippen MR) is 100 cm³/mol. The summed E-state index contributed by atoms with van der Waals surface area (Å²) in [6.07, 6.45) is 0. The van der Waals surface area contributed by atoms with Crippen molar-refractivity contribution in [2.75, 3.05) is 28.4 Å². The number of urea groups is 1. The molecular formula is C19H24N2O7. The minimum absolute atomic E-state index is 0.142. The molecule has 0 saturated carbocycles. The molecule has 0 aliphatic carbocycles. The molecule has 0 bridgehead atoms. The lowest BCUT2D eigenvalue weighted by atomic mass is 10.2. The molecule has 2 aromatic rings. The topological polar surface area (TPSA) is 96.5 Å². The van der Waals surface area contributed by atoms with Crippen LogP contribution in [0.2, 0.25) is 0 Å². The second-order valence-corrected chi connectivity index (χ2v) is 5.49. The number of hydrogen-bond donors (Lipinski definition) is 2. The molecule has 0 atom stereocenters. The van der Waals surface area contributed by atoms with Gasteiger partial charge in [0.15, 0.2) is 23.0 Å². The van der Waals surface area contributed by atoms with E-state index in [2.05, 4.69) is 11.0 Å². The first-order valence-corrected chi connectivity index (χ1v) is 8.32. The third-order valence-corrected chi connectivity index (χ3v) is 3.70. The highest BCUT2D eigenvalue weighted by Crippen LogP contribution is 2.28. The van der Waals surface area contributed by atoms with Crippen molar-refractivity contribution >= 4 is 6.03 Å². The minimum atomic E-state index is -0.638. The molecule has 0 saturated heterocycles. The van der Waals surface area contributed by atoms with E-state index in [0.717, 1.165) is 11.1 Å². The van der Waals surface area contributed by atoms with E-state index in [1.807, 2.05) is 0 Å². The van der Waals surface area contributed by atoms with Gasteiger partial charge in [-0.3, -0.25) is 9.68 Å². The smallest absolute Gasteiger partial charge is 0.362 e. The highest BCUT2D eigenvalue weighted by atomic mass is 16.7. The highest BCUT2D eigenvalue weighted by molar-refractivity contribution is 5.71. The summed E-state index contributed by atoms with van der Waals surface area (Å²) < 4.78 is 20.8. The Morgan fingerprint density at radius 1 is 0.679 bits per heavy atom. The highest BCUT2D eigenvalue weighted by Gasteiger charge is 2.07. The molecule has 2 amide bonds. The van der Waals surface area contributed by atoms with Gasteiger partial charge in [0, 0.05) is 0 Å². The van der Waals surface area contributed by atoms with Crippen molar-refractivity contribution in [3.63, 3.8) is 0 Å². The quantitative estimate of drug-likeness (QED) is 0.600. The van der Waals surface area contributed by atoms with Gasteiger partial charge in [-0.1, -0.05) is 12.1 Å². The average molecular weight is 392 g/mol. The van der Waals surface area contributed by atoms with E-state index in [0.29, 0.717) is 23.0 Å². The van der Waals surface area contributed by atoms with Crippen molar-refractivity contribution in [2.45, 2.75) is 13.2 Å². The Kier molecular flexibility index (Phi) is 8.19. The number of carbonyl (C=O) groups is 1. The Balaban J connectivity index is 1.73. The Morgan fingerprint density at radius 3 is 1.43 bits per heavy atom. The number of rotatable bonds is 10. The van der Waals surface area contributed by atoms with Crippen LogP contribution in [0, 0.1) is 0 Å². The molecule has 0 heterocycles. The molecule has 0 aliphatic rings. The summed E-state index contributed by atoms with van der Waals surface area (Å²) in [4.78, 5) is 22.0. The zero-order chi connectivity index (χ0) is 20.4. The summed E-state index contributed by atoms with van der Waals surface area (Å²) >= 11 is 0. The minimum Gasteiger partial charge on any atom is -0.493 e. The van der Waals surface area contributed by atoms with Crippen LogP contribution in [0.5, 0.6) is 23.0 Å². The van der Waals surface area contributed by atoms with E-state index in [-0.39, 0.29) is 13.2 Å². The zero-order valence-corrected chi connectivity index (χ0v) is 16.2. The van der Waals surface area contributed by atoms with E-state index in [9.17, 15) is 4.79 Å². The van der Waals surface area contributed by atoms with Gasteiger partial charge in [0.05, 0.1) is 41.7 Å². The summed E-state index contributed by atoms with van der Waals surface area (Å²) in [5.74, 6) is 2.37. The average Bonchev–Trinajstić information content (AvgIpc) is 2.73. The largest absolute Gasteiger partial charge is 0.493 e. The first-order chi connectivity index (χ1) is 13.6. The molecule has 0 fully saturated rings. The maximum Gasteiger partial charge on any atom is 0.362 e. The lowest BCUT2D eigenvalue weighted by Crippen LogP contribution is -2.35. The van der Waals surface area contributed by atoms with E-state index < -0.39 is 6.03 Å². The van der Waals surface area contributed by atoms with E-state index in [4.69, 9.17) is 28.6 Å². The van der Waals surface area contributed by atoms with Crippen molar-refractivity contribution < 1.29 is 33.4 Å². The molecule has 2 N–H and O–H groups in total. The Hall–Kier alpha value is -3.17. The van der Waals surface area contributed by atoms with Gasteiger partial charge in [-0.15, -0.1) is 0 Å². The van der Waals surface area contributed by atoms with Gasteiger partial charge in [0.25, 0.3) is 0 Å². The summed E-state index contributed by atoms with van der Waals surface area (Å²) in [5.41, 5.74) is 6.06. The van der Waals surface area contributed by atoms with Crippen LogP contribution < -0.4 is 29.9 Å². The van der Waals surface area contributed by atoms with Crippen LogP contribution in [-0.4, -0.2) is 34.5 Å². The first-order valence-electron chi connectivity index (χ1n) is 8.32. The van der Waals surface area contributed by atoms with Gasteiger partial charge in [0.1, 0.15) is 0 Å². The van der Waals surface area contributed by atoms with E-state index >= 15 is 0 Å². The molecule has 2 rings (SSSR count). The van der Waals surface area contributed by atoms with Crippen molar-refractivity contribution in [3.8, 4) is 23.0 Å². The molecule has 152 valence electrons. The SMILES string of the molecule is COc1ccc(CONC(=O)NOCc2ccc(OC)c(OC)c2)cc1OC. The molecular weight excluding hydrogens is 368 g/mol. The van der Waals surface area contributed by atoms with Gasteiger partial charge < -0.3 is 18.9 Å². The number of amides is 2. The van der Waals surface area contributed by atoms with Gasteiger partial charge >= 0.3 is 6.03 Å². The van der Waals surface area contributed by atoms with Crippen molar-refractivity contribution in [3.05, 3.63) is 47.5 Å². The number of benzene rings is 2. The van der Waals surface area contributed by atoms with Gasteiger partial charge in [-0.05, 0) is 35.4 Å². The number of carbonyl (C=O) groups excluding carboxylic acids is 1. The third-order valence-electron chi connectivity index (χ3n) is 3.70. The van der Waals surface area contributed by atoms with Crippen LogP contribution >= 0.6 is 0 Å². The van der Waals surface area contributed by atoms with Crippen LogP contribution in [0.25, 0.3) is 0 Å². The third kappa shape index (κ3) is 5.93. The molecule has 9 heteroatoms. The zero-order valence-electron chi connectivity index (χ0n) is 16.2. The fraction of sp³-hybridized carbons (Fsp3) is 0.316. The predicted octanol–water partition coefficient (Wildman–Crippen LogP) is 2.58. The molecule has 0 spiro atoms. The lowest BCUT2D eigenvalue weighted by molar-refractivity contribution is 0.00666. The van der Waals surface area contributed by atoms with Crippen molar-refractivity contribution in [2.24, 2.45) is 0 Å². The van der Waals surface area contributed by atoms with Crippen molar-refractivity contribution in [1.29, 1.82) is 0 Å². The molecule has 0 aromatic heterocycles. The number of ether oxygens (including phenoxy) is 4. The number of nitrogens with one attached hydrogen (secondary N) is 2. The maximum atomic E-state index is 11.7. The first kappa shape index (κ1) is 21.1. The van der Waals surface area contributed by atoms with E-state index in [1.165, 1.54) is 0 Å². The second-order valence-electron chi connectivity index (χ2n) is 5.49. The van der Waals surface area contributed by atoms with Crippen LogP contribution in [0.3, 0.4) is 0 Å². The number of hydrogen-bond acceptors (Lipinski definition) is 7. The molecule has 28 heavy (non-hydrogen) atoms. The monoisotopic (exact) mass is 392 g/mol. The van der Waals surface area contributed by atoms with E-state index in [1.54, 1.807) is 64.8 Å².